The van der Waals surface area contributed by atoms with Crippen molar-refractivity contribution >= 4 is 44.1 Å². The lowest BCUT2D eigenvalue weighted by atomic mass is 10.1. The van der Waals surface area contributed by atoms with Gasteiger partial charge in [0.15, 0.2) is 15.0 Å². The average molecular weight is 411 g/mol. The van der Waals surface area contributed by atoms with Crippen molar-refractivity contribution in [2.24, 2.45) is 4.99 Å². The molecule has 0 bridgehead atoms. The van der Waals surface area contributed by atoms with Crippen molar-refractivity contribution in [3.63, 3.8) is 0 Å². The molecule has 2 aromatic carbocycles. The lowest BCUT2D eigenvalue weighted by Gasteiger charge is -2.26. The highest BCUT2D eigenvalue weighted by Gasteiger charge is 2.47. The Morgan fingerprint density at radius 2 is 2.00 bits per heavy atom. The van der Waals surface area contributed by atoms with Crippen LogP contribution in [-0.2, 0) is 15.6 Å². The van der Waals surface area contributed by atoms with E-state index in [0.717, 1.165) is 5.69 Å². The van der Waals surface area contributed by atoms with E-state index in [9.17, 15) is 12.8 Å². The van der Waals surface area contributed by atoms with Crippen molar-refractivity contribution < 1.29 is 12.8 Å². The number of sulfone groups is 1. The largest absolute Gasteiger partial charge is 0.315 e. The van der Waals surface area contributed by atoms with Crippen LogP contribution < -0.4 is 4.90 Å². The first kappa shape index (κ1) is 17.8. The summed E-state index contributed by atoms with van der Waals surface area (Å²) in [5.41, 5.74) is 1.40. The molecule has 0 spiro atoms. The van der Waals surface area contributed by atoms with Crippen molar-refractivity contribution in [1.29, 1.82) is 0 Å². The van der Waals surface area contributed by atoms with E-state index in [0.29, 0.717) is 21.5 Å². The Kier molecular flexibility index (Phi) is 4.71. The number of thioether (sulfide) groups is 1. The lowest BCUT2D eigenvalue weighted by Crippen LogP contribution is -2.39. The molecule has 2 aromatic rings. The van der Waals surface area contributed by atoms with Crippen LogP contribution in [0.2, 0.25) is 5.02 Å². The van der Waals surface area contributed by atoms with Gasteiger partial charge in [-0.3, -0.25) is 4.99 Å². The Bertz CT molecular complexity index is 981. The van der Waals surface area contributed by atoms with Gasteiger partial charge in [-0.15, -0.1) is 0 Å². The third kappa shape index (κ3) is 3.48. The minimum absolute atomic E-state index is 0.0541. The maximum atomic E-state index is 13.9. The van der Waals surface area contributed by atoms with Crippen LogP contribution in [0.5, 0.6) is 0 Å². The molecular weight excluding hydrogens is 395 g/mol. The number of hydrogen-bond donors (Lipinski definition) is 0. The fourth-order valence-electron chi connectivity index (χ4n) is 3.32. The Morgan fingerprint density at radius 1 is 1.19 bits per heavy atom. The molecule has 0 saturated carbocycles. The molecule has 26 heavy (non-hydrogen) atoms. The second kappa shape index (κ2) is 6.87. The zero-order valence-corrected chi connectivity index (χ0v) is 16.1. The Morgan fingerprint density at radius 3 is 2.77 bits per heavy atom. The quantitative estimate of drug-likeness (QED) is 0.773. The van der Waals surface area contributed by atoms with Crippen LogP contribution in [-0.4, -0.2) is 37.2 Å². The fraction of sp³-hybridized carbons (Fsp3) is 0.278. The summed E-state index contributed by atoms with van der Waals surface area (Å²) in [5, 5.41) is 1.28. The first-order valence-corrected chi connectivity index (χ1v) is 11.3. The average Bonchev–Trinajstić information content (AvgIpc) is 3.05. The molecule has 4 nitrogen and oxygen atoms in total. The monoisotopic (exact) mass is 410 g/mol. The van der Waals surface area contributed by atoms with Gasteiger partial charge in [0.25, 0.3) is 0 Å². The molecule has 0 aromatic heterocycles. The molecule has 8 heteroatoms. The van der Waals surface area contributed by atoms with E-state index in [1.54, 1.807) is 30.3 Å². The van der Waals surface area contributed by atoms with Crippen molar-refractivity contribution in [2.45, 2.75) is 17.8 Å². The summed E-state index contributed by atoms with van der Waals surface area (Å²) < 4.78 is 38.0. The van der Waals surface area contributed by atoms with Crippen LogP contribution in [0, 0.1) is 5.82 Å². The third-order valence-electron chi connectivity index (χ3n) is 4.51. The molecule has 0 N–H and O–H groups in total. The molecule has 0 amide bonds. The highest BCUT2D eigenvalue weighted by Crippen LogP contribution is 2.36. The summed E-state index contributed by atoms with van der Waals surface area (Å²) in [4.78, 5) is 6.58. The first-order valence-electron chi connectivity index (χ1n) is 8.12. The van der Waals surface area contributed by atoms with Crippen LogP contribution in [0.25, 0.3) is 0 Å². The molecule has 0 unspecified atom stereocenters. The van der Waals surface area contributed by atoms with Gasteiger partial charge in [-0.25, -0.2) is 12.8 Å². The van der Waals surface area contributed by atoms with Gasteiger partial charge in [-0.05, 0) is 29.8 Å². The van der Waals surface area contributed by atoms with Gasteiger partial charge < -0.3 is 4.90 Å². The van der Waals surface area contributed by atoms with Gasteiger partial charge in [0.05, 0.1) is 23.6 Å². The molecule has 0 radical (unpaired) electrons. The minimum Gasteiger partial charge on any atom is -0.315 e. The molecule has 136 valence electrons. The van der Waals surface area contributed by atoms with Crippen molar-refractivity contribution in [3.05, 3.63) is 64.9 Å². The summed E-state index contributed by atoms with van der Waals surface area (Å²) >= 11 is 7.54. The number of rotatable bonds is 3. The molecule has 2 heterocycles. The normalized spacial score (nSPS) is 23.8. The van der Waals surface area contributed by atoms with Crippen molar-refractivity contribution in [2.75, 3.05) is 16.4 Å². The van der Waals surface area contributed by atoms with E-state index in [-0.39, 0.29) is 29.4 Å². The van der Waals surface area contributed by atoms with Gasteiger partial charge in [0, 0.05) is 16.5 Å². The summed E-state index contributed by atoms with van der Waals surface area (Å²) in [6.07, 6.45) is 0. The van der Waals surface area contributed by atoms with Gasteiger partial charge in [0.1, 0.15) is 5.82 Å². The maximum absolute atomic E-state index is 13.9. The molecule has 0 aliphatic carbocycles. The molecule has 2 aliphatic rings. The number of nitrogens with zero attached hydrogens (tertiary/aromatic N) is 2. The van der Waals surface area contributed by atoms with Crippen LogP contribution >= 0.6 is 23.4 Å². The lowest BCUT2D eigenvalue weighted by molar-refractivity contribution is 0.601. The molecule has 1 fully saturated rings. The van der Waals surface area contributed by atoms with Gasteiger partial charge in [-0.1, -0.05) is 47.6 Å². The van der Waals surface area contributed by atoms with Crippen LogP contribution in [0.15, 0.2) is 53.5 Å². The SMILES string of the molecule is O=S1(=O)C[C@@H]2[C@@H](C1)N=C(SCc1ccccc1F)N2c1cccc(Cl)c1. The zero-order chi connectivity index (χ0) is 18.3. The number of fused-ring (bicyclic) bond motifs is 1. The van der Waals surface area contributed by atoms with E-state index in [2.05, 4.69) is 4.99 Å². The van der Waals surface area contributed by atoms with E-state index in [1.165, 1.54) is 17.8 Å². The third-order valence-corrected chi connectivity index (χ3v) is 7.46. The van der Waals surface area contributed by atoms with Crippen LogP contribution in [0.3, 0.4) is 0 Å². The summed E-state index contributed by atoms with van der Waals surface area (Å²) in [5.74, 6) is 0.292. The predicted octanol–water partition coefficient (Wildman–Crippen LogP) is 3.75. The number of anilines is 1. The Balaban J connectivity index is 1.64. The number of amidine groups is 1. The van der Waals surface area contributed by atoms with E-state index in [1.807, 2.05) is 17.0 Å². The summed E-state index contributed by atoms with van der Waals surface area (Å²) in [7, 11) is -3.10. The van der Waals surface area contributed by atoms with Gasteiger partial charge in [-0.2, -0.15) is 0 Å². The predicted molar refractivity (Wildman–Crippen MR) is 105 cm³/mol. The van der Waals surface area contributed by atoms with Gasteiger partial charge >= 0.3 is 0 Å². The second-order valence-corrected chi connectivity index (χ2v) is 9.89. The van der Waals surface area contributed by atoms with E-state index in [4.69, 9.17) is 11.6 Å². The first-order chi connectivity index (χ1) is 12.4. The van der Waals surface area contributed by atoms with Gasteiger partial charge in [0.2, 0.25) is 0 Å². The Labute approximate surface area is 161 Å². The van der Waals surface area contributed by atoms with Crippen LogP contribution in [0.1, 0.15) is 5.56 Å². The summed E-state index contributed by atoms with van der Waals surface area (Å²) in [6, 6.07) is 13.4. The Hall–Kier alpha value is -1.57. The topological polar surface area (TPSA) is 49.7 Å². The maximum Gasteiger partial charge on any atom is 0.164 e. The molecule has 1 saturated heterocycles. The highest BCUT2D eigenvalue weighted by atomic mass is 35.5. The molecule has 2 atom stereocenters. The van der Waals surface area contributed by atoms with E-state index < -0.39 is 9.84 Å². The molecule has 4 rings (SSSR count). The number of aliphatic imine (C=N–C) groups is 1. The number of benzene rings is 2. The minimum atomic E-state index is -3.10. The molecular formula is C18H16ClFN2O2S2. The smallest absolute Gasteiger partial charge is 0.164 e. The second-order valence-electron chi connectivity index (χ2n) is 6.35. The van der Waals surface area contributed by atoms with E-state index >= 15 is 0 Å². The molecule has 2 aliphatic heterocycles. The number of hydrogen-bond acceptors (Lipinski definition) is 5. The number of halogens is 2. The summed E-state index contributed by atoms with van der Waals surface area (Å²) in [6.45, 7) is 0. The van der Waals surface area contributed by atoms with Crippen molar-refractivity contribution in [1.82, 2.24) is 0 Å². The highest BCUT2D eigenvalue weighted by molar-refractivity contribution is 8.13. The standard InChI is InChI=1S/C18H16ClFN2O2S2/c19-13-5-3-6-14(8-13)22-17-11-26(23,24)10-16(17)21-18(22)25-9-12-4-1-2-7-15(12)20/h1-8,16-17H,9-11H2/t16-,17-/m1/s1. The van der Waals surface area contributed by atoms with Crippen LogP contribution in [0.4, 0.5) is 10.1 Å². The van der Waals surface area contributed by atoms with Crippen molar-refractivity contribution in [3.8, 4) is 0 Å². The zero-order valence-electron chi connectivity index (χ0n) is 13.7. The fourth-order valence-corrected chi connectivity index (χ4v) is 6.46.